The zero-order valence-electron chi connectivity index (χ0n) is 14.6. The second kappa shape index (κ2) is 8.01. The minimum absolute atomic E-state index is 0.0131. The van der Waals surface area contributed by atoms with Gasteiger partial charge in [-0.3, -0.25) is 10.1 Å². The third kappa shape index (κ3) is 3.96. The molecule has 0 saturated heterocycles. The molecule has 3 rings (SSSR count). The van der Waals surface area contributed by atoms with Crippen molar-refractivity contribution in [2.24, 2.45) is 4.99 Å². The number of nitriles is 1. The summed E-state index contributed by atoms with van der Waals surface area (Å²) in [7, 11) is 1.45. The van der Waals surface area contributed by atoms with E-state index < -0.39 is 10.9 Å². The van der Waals surface area contributed by atoms with E-state index in [1.807, 2.05) is 6.07 Å². The predicted molar refractivity (Wildman–Crippen MR) is 97.8 cm³/mol. The molecule has 0 unspecified atom stereocenters. The van der Waals surface area contributed by atoms with Crippen molar-refractivity contribution in [2.45, 2.75) is 0 Å². The minimum atomic E-state index is -0.676. The highest BCUT2D eigenvalue weighted by molar-refractivity contribution is 6.13. The maximum absolute atomic E-state index is 12.1. The molecule has 0 radical (unpaired) electrons. The number of rotatable bonds is 6. The average molecular weight is 379 g/mol. The number of nitrogens with zero attached hydrogens (tertiary/aromatic N) is 3. The lowest BCUT2D eigenvalue weighted by Crippen LogP contribution is -2.05. The van der Waals surface area contributed by atoms with Gasteiger partial charge in [0.15, 0.2) is 23.8 Å². The topological polar surface area (TPSA) is 124 Å². The van der Waals surface area contributed by atoms with E-state index >= 15 is 0 Å². The molecular formula is C19H13N3O6. The second-order valence-electron chi connectivity index (χ2n) is 5.50. The third-order valence-corrected chi connectivity index (χ3v) is 3.71. The number of methoxy groups -OCH3 is 1. The van der Waals surface area contributed by atoms with Crippen molar-refractivity contribution in [2.75, 3.05) is 13.7 Å². The van der Waals surface area contributed by atoms with Gasteiger partial charge in [0, 0.05) is 17.7 Å². The summed E-state index contributed by atoms with van der Waals surface area (Å²) in [5.41, 5.74) is 0.821. The first-order valence-corrected chi connectivity index (χ1v) is 7.97. The number of cyclic esters (lactones) is 1. The third-order valence-electron chi connectivity index (χ3n) is 3.71. The fourth-order valence-corrected chi connectivity index (χ4v) is 2.45. The Morgan fingerprint density at radius 2 is 2.11 bits per heavy atom. The van der Waals surface area contributed by atoms with Crippen LogP contribution in [0.1, 0.15) is 11.1 Å². The van der Waals surface area contributed by atoms with E-state index in [-0.39, 0.29) is 23.9 Å². The summed E-state index contributed by atoms with van der Waals surface area (Å²) in [5.74, 6) is 0.0889. The van der Waals surface area contributed by atoms with E-state index in [1.165, 1.54) is 31.4 Å². The summed E-state index contributed by atoms with van der Waals surface area (Å²) < 4.78 is 15.6. The van der Waals surface area contributed by atoms with E-state index in [0.29, 0.717) is 22.6 Å². The number of aliphatic imine (C=N–C) groups is 1. The number of nitro groups is 1. The number of esters is 1. The molecule has 0 amide bonds. The smallest absolute Gasteiger partial charge is 0.363 e. The van der Waals surface area contributed by atoms with Crippen LogP contribution in [0.25, 0.3) is 6.08 Å². The highest BCUT2D eigenvalue weighted by Crippen LogP contribution is 2.30. The zero-order chi connectivity index (χ0) is 20.1. The van der Waals surface area contributed by atoms with Gasteiger partial charge < -0.3 is 14.2 Å². The Kier molecular flexibility index (Phi) is 5.32. The molecule has 0 N–H and O–H groups in total. The Hall–Kier alpha value is -4.19. The van der Waals surface area contributed by atoms with Gasteiger partial charge in [0.05, 0.1) is 12.0 Å². The van der Waals surface area contributed by atoms with Crippen LogP contribution in [0.2, 0.25) is 0 Å². The summed E-state index contributed by atoms with van der Waals surface area (Å²) in [6.45, 7) is -0.125. The van der Waals surface area contributed by atoms with Gasteiger partial charge in [-0.1, -0.05) is 12.1 Å². The van der Waals surface area contributed by atoms with Crippen LogP contribution < -0.4 is 9.47 Å². The van der Waals surface area contributed by atoms with Crippen LogP contribution in [0.4, 0.5) is 5.69 Å². The van der Waals surface area contributed by atoms with Gasteiger partial charge in [-0.25, -0.2) is 9.79 Å². The highest BCUT2D eigenvalue weighted by Gasteiger charge is 2.25. The molecule has 0 bridgehead atoms. The lowest BCUT2D eigenvalue weighted by molar-refractivity contribution is -0.384. The van der Waals surface area contributed by atoms with Crippen LogP contribution in [-0.4, -0.2) is 30.5 Å². The van der Waals surface area contributed by atoms with Gasteiger partial charge in [0.25, 0.3) is 5.69 Å². The molecule has 1 aliphatic rings. The standard InChI is InChI=1S/C19H13N3O6/c1-26-17-10-12(5-6-16(17)27-8-7-20)9-15-19(23)28-18(21-15)13-3-2-4-14(11-13)22(24)25/h2-6,9-11H,8H2,1H3/b15-9+. The van der Waals surface area contributed by atoms with Crippen molar-refractivity contribution in [3.63, 3.8) is 0 Å². The van der Waals surface area contributed by atoms with Gasteiger partial charge in [0.1, 0.15) is 6.07 Å². The van der Waals surface area contributed by atoms with Crippen LogP contribution in [0.3, 0.4) is 0 Å². The molecule has 0 fully saturated rings. The Morgan fingerprint density at radius 3 is 2.82 bits per heavy atom. The summed E-state index contributed by atoms with van der Waals surface area (Å²) in [4.78, 5) is 26.6. The number of non-ortho nitro benzene ring substituents is 1. The SMILES string of the molecule is COc1cc(/C=C2/N=C(c3cccc([N+](=O)[O-])c3)OC2=O)ccc1OCC#N. The summed E-state index contributed by atoms with van der Waals surface area (Å²) >= 11 is 0. The van der Waals surface area contributed by atoms with E-state index in [4.69, 9.17) is 19.5 Å². The number of carbonyl (C=O) groups excluding carboxylic acids is 1. The summed E-state index contributed by atoms with van der Waals surface area (Å²) in [5, 5.41) is 19.5. The summed E-state index contributed by atoms with van der Waals surface area (Å²) in [6, 6.07) is 12.4. The van der Waals surface area contributed by atoms with Crippen molar-refractivity contribution in [3.05, 3.63) is 69.4 Å². The first-order valence-electron chi connectivity index (χ1n) is 7.97. The number of carbonyl (C=O) groups is 1. The number of benzene rings is 2. The Labute approximate surface area is 159 Å². The average Bonchev–Trinajstić information content (AvgIpc) is 3.07. The number of hydrogen-bond acceptors (Lipinski definition) is 8. The first-order chi connectivity index (χ1) is 13.5. The molecule has 9 nitrogen and oxygen atoms in total. The molecule has 0 aromatic heterocycles. The fraction of sp³-hybridized carbons (Fsp3) is 0.105. The Morgan fingerprint density at radius 1 is 1.29 bits per heavy atom. The maximum Gasteiger partial charge on any atom is 0.363 e. The van der Waals surface area contributed by atoms with E-state index in [1.54, 1.807) is 24.3 Å². The van der Waals surface area contributed by atoms with Gasteiger partial charge in [-0.05, 0) is 29.8 Å². The fourth-order valence-electron chi connectivity index (χ4n) is 2.45. The van der Waals surface area contributed by atoms with Crippen molar-refractivity contribution in [3.8, 4) is 17.6 Å². The number of hydrogen-bond donors (Lipinski definition) is 0. The number of ether oxygens (including phenoxy) is 3. The van der Waals surface area contributed by atoms with Crippen molar-refractivity contribution < 1.29 is 23.9 Å². The highest BCUT2D eigenvalue weighted by atomic mass is 16.6. The lowest BCUT2D eigenvalue weighted by Gasteiger charge is -2.08. The molecule has 0 saturated carbocycles. The van der Waals surface area contributed by atoms with Crippen LogP contribution in [0, 0.1) is 21.4 Å². The van der Waals surface area contributed by atoms with Crippen LogP contribution in [-0.2, 0) is 9.53 Å². The zero-order valence-corrected chi connectivity index (χ0v) is 14.6. The van der Waals surface area contributed by atoms with Gasteiger partial charge in [0.2, 0.25) is 5.90 Å². The van der Waals surface area contributed by atoms with Crippen LogP contribution >= 0.6 is 0 Å². The molecule has 140 valence electrons. The molecule has 0 atom stereocenters. The molecule has 1 aliphatic heterocycles. The Balaban J connectivity index is 1.90. The predicted octanol–water partition coefficient (Wildman–Crippen LogP) is 2.85. The first kappa shape index (κ1) is 18.6. The van der Waals surface area contributed by atoms with Gasteiger partial charge in [-0.2, -0.15) is 5.26 Å². The summed E-state index contributed by atoms with van der Waals surface area (Å²) in [6.07, 6.45) is 1.49. The molecule has 28 heavy (non-hydrogen) atoms. The van der Waals surface area contributed by atoms with E-state index in [0.717, 1.165) is 0 Å². The maximum atomic E-state index is 12.1. The molecule has 0 spiro atoms. The minimum Gasteiger partial charge on any atom is -0.493 e. The molecule has 9 heteroatoms. The second-order valence-corrected chi connectivity index (χ2v) is 5.50. The van der Waals surface area contributed by atoms with Crippen molar-refractivity contribution >= 4 is 23.6 Å². The monoisotopic (exact) mass is 379 g/mol. The molecule has 2 aromatic carbocycles. The normalized spacial score (nSPS) is 14.2. The van der Waals surface area contributed by atoms with Crippen LogP contribution in [0.5, 0.6) is 11.5 Å². The van der Waals surface area contributed by atoms with Gasteiger partial charge in [-0.15, -0.1) is 0 Å². The molecular weight excluding hydrogens is 366 g/mol. The largest absolute Gasteiger partial charge is 0.493 e. The van der Waals surface area contributed by atoms with Crippen molar-refractivity contribution in [1.29, 1.82) is 5.26 Å². The van der Waals surface area contributed by atoms with Crippen molar-refractivity contribution in [1.82, 2.24) is 0 Å². The lowest BCUT2D eigenvalue weighted by atomic mass is 10.1. The molecule has 1 heterocycles. The quantitative estimate of drug-likeness (QED) is 0.327. The van der Waals surface area contributed by atoms with E-state index in [9.17, 15) is 14.9 Å². The van der Waals surface area contributed by atoms with Gasteiger partial charge >= 0.3 is 5.97 Å². The molecule has 2 aromatic rings. The number of nitro benzene ring substituents is 1. The van der Waals surface area contributed by atoms with E-state index in [2.05, 4.69) is 4.99 Å². The Bertz CT molecular complexity index is 1050. The molecule has 0 aliphatic carbocycles. The van der Waals surface area contributed by atoms with Crippen LogP contribution in [0.15, 0.2) is 53.2 Å².